The second-order valence-corrected chi connectivity index (χ2v) is 27.1. The summed E-state index contributed by atoms with van der Waals surface area (Å²) in [6.07, 6.45) is 2.55. The van der Waals surface area contributed by atoms with Gasteiger partial charge in [0.15, 0.2) is 0 Å². The molecule has 0 spiro atoms. The SMILES string of the molecule is Cc1ccccc1N(c1ccc2c(c1)C=C1Sc3c4c(cc5cc(N(c6ccc7ccccc7c6)c6ccccc6C)ccc35)Sc3c5c(cc6cc(N(c7ccc8ccccc8c7)c7ccccc7C)ccc36)SC2C1N45)c1ccc2ccccc2c1. The summed E-state index contributed by atoms with van der Waals surface area (Å²) in [5, 5.41) is 12.5. The number of aryl methyl sites for hydroxylation is 3. The van der Waals surface area contributed by atoms with Crippen molar-refractivity contribution in [1.82, 2.24) is 0 Å². The van der Waals surface area contributed by atoms with Crippen molar-refractivity contribution < 1.29 is 0 Å². The van der Waals surface area contributed by atoms with E-state index in [1.165, 1.54) is 135 Å². The van der Waals surface area contributed by atoms with Gasteiger partial charge < -0.3 is 19.6 Å². The molecule has 88 heavy (non-hydrogen) atoms. The molecule has 0 amide bonds. The van der Waals surface area contributed by atoms with Gasteiger partial charge in [0.1, 0.15) is 0 Å². The third kappa shape index (κ3) is 8.17. The van der Waals surface area contributed by atoms with Crippen molar-refractivity contribution in [2.24, 2.45) is 0 Å². The Morgan fingerprint density at radius 1 is 0.330 bits per heavy atom. The Bertz CT molecular complexity index is 5320. The average molecular weight is 1180 g/mol. The van der Waals surface area contributed by atoms with E-state index in [9.17, 15) is 0 Å². The van der Waals surface area contributed by atoms with E-state index in [4.69, 9.17) is 0 Å². The molecule has 0 fully saturated rings. The van der Waals surface area contributed by atoms with Gasteiger partial charge in [-0.3, -0.25) is 0 Å². The molecule has 4 aliphatic rings. The number of rotatable bonds is 9. The van der Waals surface area contributed by atoms with Gasteiger partial charge in [-0.15, -0.1) is 11.8 Å². The summed E-state index contributed by atoms with van der Waals surface area (Å²) in [4.78, 5) is 16.8. The van der Waals surface area contributed by atoms with Gasteiger partial charge in [-0.1, -0.05) is 187 Å². The second-order valence-electron chi connectivity index (χ2n) is 23.8. The first kappa shape index (κ1) is 51.6. The largest absolute Gasteiger partial charge is 0.328 e. The van der Waals surface area contributed by atoms with Crippen LogP contribution in [0.3, 0.4) is 0 Å². The van der Waals surface area contributed by atoms with E-state index in [0.717, 1.165) is 34.1 Å². The molecule has 14 aromatic carbocycles. The van der Waals surface area contributed by atoms with Gasteiger partial charge in [-0.2, -0.15) is 0 Å². The Kier molecular flexibility index (Phi) is 11.9. The first-order chi connectivity index (χ1) is 43.3. The first-order valence-electron chi connectivity index (χ1n) is 30.3. The lowest BCUT2D eigenvalue weighted by atomic mass is 9.89. The summed E-state index contributed by atoms with van der Waals surface area (Å²) < 4.78 is 0. The third-order valence-corrected chi connectivity index (χ3v) is 22.2. The summed E-state index contributed by atoms with van der Waals surface area (Å²) in [6, 6.07) is 100.0. The van der Waals surface area contributed by atoms with Gasteiger partial charge in [-0.25, -0.2) is 0 Å². The van der Waals surface area contributed by atoms with Crippen LogP contribution < -0.4 is 19.6 Å². The van der Waals surface area contributed by atoms with Crippen LogP contribution in [0.2, 0.25) is 0 Å². The topological polar surface area (TPSA) is 13.0 Å². The minimum absolute atomic E-state index is 0.0991. The molecule has 0 saturated carbocycles. The Hall–Kier alpha value is -9.63. The van der Waals surface area contributed by atoms with Gasteiger partial charge in [-0.05, 0) is 212 Å². The maximum absolute atomic E-state index is 2.80. The smallest absolute Gasteiger partial charge is 0.0818 e. The lowest BCUT2D eigenvalue weighted by Gasteiger charge is -2.52. The number of anilines is 11. The highest BCUT2D eigenvalue weighted by atomic mass is 32.2. The van der Waals surface area contributed by atoms with E-state index >= 15 is 0 Å². The van der Waals surface area contributed by atoms with Crippen LogP contribution in [0.15, 0.2) is 291 Å². The van der Waals surface area contributed by atoms with Crippen LogP contribution in [-0.4, -0.2) is 6.04 Å². The molecule has 0 saturated heterocycles. The van der Waals surface area contributed by atoms with E-state index in [2.05, 4.69) is 325 Å². The van der Waals surface area contributed by atoms with Crippen LogP contribution in [-0.2, 0) is 0 Å². The highest BCUT2D eigenvalue weighted by Gasteiger charge is 2.49. The maximum Gasteiger partial charge on any atom is 0.0818 e. The number of nitrogens with zero attached hydrogens (tertiary/aromatic N) is 4. The number of hydrogen-bond acceptors (Lipinski definition) is 7. The molecule has 2 unspecified atom stereocenters. The fourth-order valence-electron chi connectivity index (χ4n) is 14.3. The van der Waals surface area contributed by atoms with E-state index < -0.39 is 0 Å². The maximum atomic E-state index is 2.80. The number of benzene rings is 14. The Morgan fingerprint density at radius 3 is 1.18 bits per heavy atom. The van der Waals surface area contributed by atoms with Crippen LogP contribution in [0.4, 0.5) is 62.6 Å². The molecule has 1 aliphatic carbocycles. The molecule has 4 nitrogen and oxygen atoms in total. The molecule has 18 rings (SSSR count). The first-order valence-corrected chi connectivity index (χ1v) is 32.8. The molecule has 14 aromatic rings. The van der Waals surface area contributed by atoms with Gasteiger partial charge in [0, 0.05) is 75.7 Å². The molecule has 0 N–H and O–H groups in total. The summed E-state index contributed by atoms with van der Waals surface area (Å²) in [6.45, 7) is 6.68. The minimum Gasteiger partial charge on any atom is -0.328 e. The van der Waals surface area contributed by atoms with E-state index in [-0.39, 0.29) is 11.3 Å². The minimum atomic E-state index is 0.0991. The fraction of sp³-hybridized carbons (Fsp3) is 0.0617. The lowest BCUT2D eigenvalue weighted by Crippen LogP contribution is -2.44. The normalized spacial score (nSPS) is 15.1. The van der Waals surface area contributed by atoms with E-state index in [1.807, 2.05) is 23.5 Å². The predicted molar refractivity (Wildman–Crippen MR) is 378 cm³/mol. The van der Waals surface area contributed by atoms with E-state index in [1.54, 1.807) is 0 Å². The number of hydrogen-bond donors (Lipinski definition) is 0. The van der Waals surface area contributed by atoms with Crippen LogP contribution >= 0.6 is 35.3 Å². The zero-order valence-corrected chi connectivity index (χ0v) is 51.1. The molecule has 418 valence electrons. The van der Waals surface area contributed by atoms with Crippen LogP contribution in [0, 0.1) is 20.8 Å². The molecule has 0 aromatic heterocycles. The van der Waals surface area contributed by atoms with E-state index in [0.29, 0.717) is 0 Å². The fourth-order valence-corrected chi connectivity index (χ4v) is 18.7. The van der Waals surface area contributed by atoms with Crippen molar-refractivity contribution in [2.75, 3.05) is 19.6 Å². The summed E-state index contributed by atoms with van der Waals surface area (Å²) in [5.41, 5.74) is 19.3. The van der Waals surface area contributed by atoms with Crippen molar-refractivity contribution in [3.05, 3.63) is 300 Å². The Balaban J connectivity index is 0.846. The van der Waals surface area contributed by atoms with Crippen LogP contribution in [0.1, 0.15) is 33.1 Å². The van der Waals surface area contributed by atoms with Crippen molar-refractivity contribution in [2.45, 2.75) is 51.6 Å². The van der Waals surface area contributed by atoms with Gasteiger partial charge in [0.05, 0.1) is 22.7 Å². The summed E-state index contributed by atoms with van der Waals surface area (Å²) in [7, 11) is 0. The van der Waals surface area contributed by atoms with Gasteiger partial charge >= 0.3 is 0 Å². The molecule has 3 aliphatic heterocycles. The number of thioether (sulfide) groups is 2. The molecule has 7 heteroatoms. The molecule has 2 atom stereocenters. The Morgan fingerprint density at radius 2 is 0.705 bits per heavy atom. The van der Waals surface area contributed by atoms with Crippen molar-refractivity contribution in [3.63, 3.8) is 0 Å². The zero-order valence-electron chi connectivity index (χ0n) is 48.6. The highest BCUT2D eigenvalue weighted by Crippen LogP contribution is 2.69. The molecular weight excluding hydrogens is 1130 g/mol. The molecule has 0 bridgehead atoms. The quantitative estimate of drug-likeness (QED) is 0.141. The van der Waals surface area contributed by atoms with Crippen molar-refractivity contribution in [3.8, 4) is 0 Å². The molecular formula is C81H56N4S3. The standard InChI is InChI=1S/C81H56N4S3/c1-49-16-4-13-25-70(49)82(61-31-28-52-19-7-10-22-55(52)40-61)64-34-37-67-58(43-64)46-73-76-79(67)87-74-47-59-44-66(84(72-27-15-6-18-51(72)3)63-33-30-54-21-9-12-24-57(54)42-63)36-39-69(59)81-77(74)85(76)78-75(88-81)48-60-45-65(35-38-68(60)80(78)86-73)83(71-26-14-5-17-50(71)2)62-32-29-53-20-8-11-23-56(53)41-62/h4-48,76,79H,1-3H3. The van der Waals surface area contributed by atoms with Crippen molar-refractivity contribution in [1.29, 1.82) is 0 Å². The summed E-state index contributed by atoms with van der Waals surface area (Å²) in [5.74, 6) is 0. The predicted octanol–water partition coefficient (Wildman–Crippen LogP) is 24.1. The number of para-hydroxylation sites is 3. The van der Waals surface area contributed by atoms with Gasteiger partial charge in [0.25, 0.3) is 0 Å². The van der Waals surface area contributed by atoms with Crippen molar-refractivity contribution >= 4 is 158 Å². The lowest BCUT2D eigenvalue weighted by molar-refractivity contribution is 0.702. The third-order valence-electron chi connectivity index (χ3n) is 18.5. The van der Waals surface area contributed by atoms with Crippen LogP contribution in [0.5, 0.6) is 0 Å². The monoisotopic (exact) mass is 1180 g/mol. The highest BCUT2D eigenvalue weighted by molar-refractivity contribution is 8.04. The van der Waals surface area contributed by atoms with Crippen LogP contribution in [0.25, 0.3) is 59.9 Å². The molecule has 3 heterocycles. The summed E-state index contributed by atoms with van der Waals surface area (Å²) >= 11 is 6.02. The average Bonchev–Trinajstić information content (AvgIpc) is 0.740. The molecule has 0 radical (unpaired) electrons. The zero-order chi connectivity index (χ0) is 58.3. The Labute approximate surface area is 525 Å². The number of fused-ring (bicyclic) bond motifs is 9. The second kappa shape index (κ2) is 20.2. The van der Waals surface area contributed by atoms with Gasteiger partial charge in [0.2, 0.25) is 0 Å².